The van der Waals surface area contributed by atoms with Gasteiger partial charge in [0.1, 0.15) is 5.76 Å². The summed E-state index contributed by atoms with van der Waals surface area (Å²) in [6.45, 7) is -0.298. The molecular weight excluding hydrogens is 366 g/mol. The van der Waals surface area contributed by atoms with Crippen molar-refractivity contribution in [3.05, 3.63) is 46.5 Å². The molecule has 0 spiro atoms. The Balaban J connectivity index is 1.67. The third kappa shape index (κ3) is 4.49. The lowest BCUT2D eigenvalue weighted by atomic mass is 10.2. The first kappa shape index (κ1) is 17.7. The molecule has 3 heterocycles. The molecule has 25 heavy (non-hydrogen) atoms. The van der Waals surface area contributed by atoms with Crippen molar-refractivity contribution in [1.82, 2.24) is 4.90 Å². The number of rotatable bonds is 6. The number of carbonyl (C=O) groups is 2. The van der Waals surface area contributed by atoms with Gasteiger partial charge in [0, 0.05) is 11.4 Å². The lowest BCUT2D eigenvalue weighted by Crippen LogP contribution is -2.42. The van der Waals surface area contributed by atoms with Crippen LogP contribution in [0, 0.1) is 0 Å². The lowest BCUT2D eigenvalue weighted by Gasteiger charge is -2.27. The predicted octanol–water partition coefficient (Wildman–Crippen LogP) is 1.71. The van der Waals surface area contributed by atoms with Gasteiger partial charge in [-0.2, -0.15) is 11.3 Å². The predicted molar refractivity (Wildman–Crippen MR) is 90.9 cm³/mol. The number of nitrogens with zero attached hydrogens (tertiary/aromatic N) is 1. The van der Waals surface area contributed by atoms with Gasteiger partial charge in [-0.15, -0.1) is 0 Å². The van der Waals surface area contributed by atoms with E-state index in [1.54, 1.807) is 29.0 Å². The highest BCUT2D eigenvalue weighted by Crippen LogP contribution is 2.21. The molecule has 7 nitrogen and oxygen atoms in total. The van der Waals surface area contributed by atoms with Crippen LogP contribution in [0.2, 0.25) is 0 Å². The van der Waals surface area contributed by atoms with Crippen LogP contribution in [0.1, 0.15) is 22.5 Å². The molecular formula is C16H17NO6S2. The number of ether oxygens (including phenoxy) is 1. The van der Waals surface area contributed by atoms with Gasteiger partial charge in [-0.25, -0.2) is 13.2 Å². The number of sulfone groups is 1. The first-order chi connectivity index (χ1) is 11.9. The molecule has 1 saturated heterocycles. The van der Waals surface area contributed by atoms with Crippen LogP contribution in [0.3, 0.4) is 0 Å². The van der Waals surface area contributed by atoms with Crippen LogP contribution < -0.4 is 0 Å². The Labute approximate surface area is 149 Å². The number of esters is 1. The van der Waals surface area contributed by atoms with Gasteiger partial charge in [-0.1, -0.05) is 0 Å². The topological polar surface area (TPSA) is 93.9 Å². The molecule has 3 rings (SSSR count). The molecule has 1 fully saturated rings. The van der Waals surface area contributed by atoms with Gasteiger partial charge < -0.3 is 14.1 Å². The molecule has 1 amide bonds. The summed E-state index contributed by atoms with van der Waals surface area (Å²) < 4.78 is 33.8. The van der Waals surface area contributed by atoms with Crippen LogP contribution in [-0.4, -0.2) is 49.3 Å². The van der Waals surface area contributed by atoms with Crippen LogP contribution in [0.4, 0.5) is 0 Å². The van der Waals surface area contributed by atoms with E-state index in [0.717, 1.165) is 0 Å². The summed E-state index contributed by atoms with van der Waals surface area (Å²) in [7, 11) is -3.15. The summed E-state index contributed by atoms with van der Waals surface area (Å²) in [6.07, 6.45) is 1.85. The number of thiophene rings is 1. The fourth-order valence-electron chi connectivity index (χ4n) is 2.69. The van der Waals surface area contributed by atoms with E-state index in [1.165, 1.54) is 22.5 Å². The van der Waals surface area contributed by atoms with Crippen molar-refractivity contribution in [2.24, 2.45) is 0 Å². The second-order valence-electron chi connectivity index (χ2n) is 5.75. The van der Waals surface area contributed by atoms with Crippen LogP contribution in [-0.2, 0) is 25.9 Å². The highest BCUT2D eigenvalue weighted by molar-refractivity contribution is 7.91. The fourth-order valence-corrected chi connectivity index (χ4v) is 5.04. The third-order valence-corrected chi connectivity index (χ3v) is 6.39. The highest BCUT2D eigenvalue weighted by Gasteiger charge is 2.35. The fraction of sp³-hybridized carbons (Fsp3) is 0.375. The summed E-state index contributed by atoms with van der Waals surface area (Å²) in [4.78, 5) is 25.9. The van der Waals surface area contributed by atoms with E-state index in [2.05, 4.69) is 0 Å². The SMILES string of the molecule is O=C(OCC(=O)N(Cc1ccco1)[C@@H]1CCS(=O)(=O)C1)c1ccsc1. The third-order valence-electron chi connectivity index (χ3n) is 3.96. The molecule has 2 aromatic rings. The first-order valence-corrected chi connectivity index (χ1v) is 10.4. The largest absolute Gasteiger partial charge is 0.467 e. The van der Waals surface area contributed by atoms with E-state index in [-0.39, 0.29) is 18.1 Å². The Bertz CT molecular complexity index is 826. The van der Waals surface area contributed by atoms with Gasteiger partial charge in [-0.05, 0) is 30.0 Å². The number of hydrogen-bond donors (Lipinski definition) is 0. The van der Waals surface area contributed by atoms with E-state index in [0.29, 0.717) is 17.7 Å². The van der Waals surface area contributed by atoms with E-state index in [1.807, 2.05) is 0 Å². The average Bonchev–Trinajstić information content (AvgIpc) is 3.31. The maximum absolute atomic E-state index is 12.6. The van der Waals surface area contributed by atoms with Gasteiger partial charge in [0.15, 0.2) is 16.4 Å². The minimum atomic E-state index is -3.15. The van der Waals surface area contributed by atoms with Crippen molar-refractivity contribution in [3.63, 3.8) is 0 Å². The Morgan fingerprint density at radius 3 is 2.80 bits per heavy atom. The molecule has 2 aromatic heterocycles. The molecule has 134 valence electrons. The molecule has 0 saturated carbocycles. The molecule has 0 aliphatic carbocycles. The van der Waals surface area contributed by atoms with Crippen LogP contribution in [0.15, 0.2) is 39.6 Å². The standard InChI is InChI=1S/C16H17NO6S2/c18-15(9-23-16(19)12-3-6-24-10-12)17(8-14-2-1-5-22-14)13-4-7-25(20,21)11-13/h1-3,5-6,10,13H,4,7-9,11H2/t13-/m1/s1. The maximum atomic E-state index is 12.6. The number of furan rings is 1. The molecule has 0 radical (unpaired) electrons. The van der Waals surface area contributed by atoms with Gasteiger partial charge in [-0.3, -0.25) is 4.79 Å². The average molecular weight is 383 g/mol. The highest BCUT2D eigenvalue weighted by atomic mass is 32.2. The van der Waals surface area contributed by atoms with E-state index >= 15 is 0 Å². The van der Waals surface area contributed by atoms with E-state index in [4.69, 9.17) is 9.15 Å². The van der Waals surface area contributed by atoms with Gasteiger partial charge in [0.25, 0.3) is 5.91 Å². The first-order valence-electron chi connectivity index (χ1n) is 7.66. The summed E-state index contributed by atoms with van der Waals surface area (Å²) >= 11 is 1.36. The number of amides is 1. The van der Waals surface area contributed by atoms with Crippen LogP contribution in [0.25, 0.3) is 0 Å². The van der Waals surface area contributed by atoms with Crippen molar-refractivity contribution in [3.8, 4) is 0 Å². The van der Waals surface area contributed by atoms with Gasteiger partial charge in [0.2, 0.25) is 0 Å². The van der Waals surface area contributed by atoms with E-state index < -0.39 is 34.4 Å². The zero-order valence-electron chi connectivity index (χ0n) is 13.3. The molecule has 1 aliphatic heterocycles. The molecule has 0 unspecified atom stereocenters. The monoisotopic (exact) mass is 383 g/mol. The lowest BCUT2D eigenvalue weighted by molar-refractivity contribution is -0.137. The van der Waals surface area contributed by atoms with Crippen molar-refractivity contribution in [2.45, 2.75) is 19.0 Å². The van der Waals surface area contributed by atoms with Crippen LogP contribution in [0.5, 0.6) is 0 Å². The zero-order valence-corrected chi connectivity index (χ0v) is 14.9. The molecule has 0 aromatic carbocycles. The summed E-state index contributed by atoms with van der Waals surface area (Å²) in [5.74, 6) is -0.512. The van der Waals surface area contributed by atoms with Crippen molar-refractivity contribution in [1.29, 1.82) is 0 Å². The molecule has 0 N–H and O–H groups in total. The van der Waals surface area contributed by atoms with Crippen molar-refractivity contribution in [2.75, 3.05) is 18.1 Å². The summed E-state index contributed by atoms with van der Waals surface area (Å²) in [6, 6.07) is 4.57. The zero-order chi connectivity index (χ0) is 17.9. The number of carbonyl (C=O) groups excluding carboxylic acids is 2. The van der Waals surface area contributed by atoms with Crippen molar-refractivity contribution >= 4 is 33.1 Å². The molecule has 0 bridgehead atoms. The Morgan fingerprint density at radius 1 is 1.36 bits per heavy atom. The Kier molecular flexibility index (Phi) is 5.24. The Morgan fingerprint density at radius 2 is 2.20 bits per heavy atom. The van der Waals surface area contributed by atoms with Crippen molar-refractivity contribution < 1.29 is 27.2 Å². The molecule has 1 atom stereocenters. The normalized spacial score (nSPS) is 18.8. The molecule has 9 heteroatoms. The number of hydrogen-bond acceptors (Lipinski definition) is 7. The van der Waals surface area contributed by atoms with Gasteiger partial charge in [0.05, 0.1) is 29.9 Å². The van der Waals surface area contributed by atoms with Crippen LogP contribution >= 0.6 is 11.3 Å². The smallest absolute Gasteiger partial charge is 0.339 e. The van der Waals surface area contributed by atoms with E-state index in [9.17, 15) is 18.0 Å². The second kappa shape index (κ2) is 7.40. The summed E-state index contributed by atoms with van der Waals surface area (Å²) in [5.41, 5.74) is 0.388. The second-order valence-corrected chi connectivity index (χ2v) is 8.75. The molecule has 1 aliphatic rings. The minimum absolute atomic E-state index is 0.0499. The van der Waals surface area contributed by atoms with Gasteiger partial charge >= 0.3 is 5.97 Å². The Hall–Kier alpha value is -2.13. The maximum Gasteiger partial charge on any atom is 0.339 e. The quantitative estimate of drug-likeness (QED) is 0.705. The minimum Gasteiger partial charge on any atom is -0.467 e. The summed E-state index contributed by atoms with van der Waals surface area (Å²) in [5, 5.41) is 3.38.